The first-order valence-electron chi connectivity index (χ1n) is 9.19. The number of ether oxygens (including phenoxy) is 2. The molecular formula is C20H26N2O3. The lowest BCUT2D eigenvalue weighted by Crippen LogP contribution is -2.42. The molecule has 1 amide bonds. The van der Waals surface area contributed by atoms with E-state index >= 15 is 0 Å². The third-order valence-electron chi connectivity index (χ3n) is 5.56. The van der Waals surface area contributed by atoms with Gasteiger partial charge in [-0.3, -0.25) is 4.79 Å². The van der Waals surface area contributed by atoms with Crippen LogP contribution in [0.15, 0.2) is 18.2 Å². The topological polar surface area (TPSA) is 71.3 Å². The van der Waals surface area contributed by atoms with Crippen molar-refractivity contribution in [1.82, 2.24) is 5.32 Å². The fourth-order valence-corrected chi connectivity index (χ4v) is 4.42. The molecule has 0 saturated heterocycles. The summed E-state index contributed by atoms with van der Waals surface area (Å²) in [6.45, 7) is 4.40. The summed E-state index contributed by atoms with van der Waals surface area (Å²) in [5, 5.41) is 12.1. The third-order valence-corrected chi connectivity index (χ3v) is 5.56. The molecule has 2 bridgehead atoms. The molecule has 5 heteroatoms. The number of nitrogens with one attached hydrogen (secondary N) is 1. The van der Waals surface area contributed by atoms with Gasteiger partial charge in [-0.05, 0) is 63.0 Å². The Bertz CT molecular complexity index is 667. The number of hydrogen-bond donors (Lipinski definition) is 1. The third kappa shape index (κ3) is 4.07. The van der Waals surface area contributed by atoms with E-state index in [-0.39, 0.29) is 18.6 Å². The summed E-state index contributed by atoms with van der Waals surface area (Å²) in [5.41, 5.74) is 0.505. The van der Waals surface area contributed by atoms with Crippen LogP contribution in [0.5, 0.6) is 11.5 Å². The lowest BCUT2D eigenvalue weighted by Gasteiger charge is -2.28. The van der Waals surface area contributed by atoms with Crippen molar-refractivity contribution in [3.05, 3.63) is 23.8 Å². The van der Waals surface area contributed by atoms with Gasteiger partial charge < -0.3 is 14.8 Å². The van der Waals surface area contributed by atoms with Gasteiger partial charge in [0.25, 0.3) is 5.91 Å². The van der Waals surface area contributed by atoms with Crippen LogP contribution in [0.25, 0.3) is 0 Å². The molecule has 0 heterocycles. The molecule has 5 nitrogen and oxygen atoms in total. The Labute approximate surface area is 149 Å². The van der Waals surface area contributed by atoms with Crippen molar-refractivity contribution in [2.24, 2.45) is 17.8 Å². The molecule has 0 spiro atoms. The summed E-state index contributed by atoms with van der Waals surface area (Å²) >= 11 is 0. The summed E-state index contributed by atoms with van der Waals surface area (Å²) in [4.78, 5) is 12.3. The van der Waals surface area contributed by atoms with Crippen molar-refractivity contribution in [3.63, 3.8) is 0 Å². The number of amides is 1. The Balaban J connectivity index is 1.53. The highest BCUT2D eigenvalue weighted by Crippen LogP contribution is 2.49. The van der Waals surface area contributed by atoms with E-state index in [1.54, 1.807) is 18.2 Å². The SMILES string of the molecule is CCOc1cc(C#N)ccc1OCC(=O)NC(C)C1CC2CCC1C2. The first kappa shape index (κ1) is 17.6. The molecule has 0 radical (unpaired) electrons. The highest BCUT2D eigenvalue weighted by atomic mass is 16.5. The van der Waals surface area contributed by atoms with Gasteiger partial charge in [-0.2, -0.15) is 5.26 Å². The number of carbonyl (C=O) groups excluding carboxylic acids is 1. The number of nitriles is 1. The maximum atomic E-state index is 12.3. The minimum absolute atomic E-state index is 0.0445. The average molecular weight is 342 g/mol. The minimum atomic E-state index is -0.109. The number of benzene rings is 1. The number of nitrogens with zero attached hydrogens (tertiary/aromatic N) is 1. The van der Waals surface area contributed by atoms with Crippen LogP contribution in [0, 0.1) is 29.1 Å². The van der Waals surface area contributed by atoms with E-state index in [9.17, 15) is 4.79 Å². The average Bonchev–Trinajstić information content (AvgIpc) is 3.24. The van der Waals surface area contributed by atoms with Crippen molar-refractivity contribution in [3.8, 4) is 17.6 Å². The van der Waals surface area contributed by atoms with Gasteiger partial charge in [-0.25, -0.2) is 0 Å². The smallest absolute Gasteiger partial charge is 0.258 e. The summed E-state index contributed by atoms with van der Waals surface area (Å²) in [6.07, 6.45) is 5.26. The van der Waals surface area contributed by atoms with Gasteiger partial charge in [-0.1, -0.05) is 6.42 Å². The van der Waals surface area contributed by atoms with Crippen molar-refractivity contribution in [2.45, 2.75) is 45.6 Å². The number of fused-ring (bicyclic) bond motifs is 2. The second kappa shape index (κ2) is 7.77. The van der Waals surface area contributed by atoms with Crippen molar-refractivity contribution in [2.75, 3.05) is 13.2 Å². The fourth-order valence-electron chi connectivity index (χ4n) is 4.42. The molecule has 0 aromatic heterocycles. The molecule has 0 aliphatic heterocycles. The molecule has 1 aromatic carbocycles. The van der Waals surface area contributed by atoms with Crippen LogP contribution in [0.4, 0.5) is 0 Å². The quantitative estimate of drug-likeness (QED) is 0.825. The summed E-state index contributed by atoms with van der Waals surface area (Å²) in [5.74, 6) is 3.14. The van der Waals surface area contributed by atoms with Gasteiger partial charge in [0.15, 0.2) is 18.1 Å². The zero-order chi connectivity index (χ0) is 17.8. The second-order valence-corrected chi connectivity index (χ2v) is 7.19. The van der Waals surface area contributed by atoms with Crippen LogP contribution in [0.2, 0.25) is 0 Å². The minimum Gasteiger partial charge on any atom is -0.490 e. The Morgan fingerprint density at radius 1 is 1.32 bits per heavy atom. The summed E-state index contributed by atoms with van der Waals surface area (Å²) in [7, 11) is 0. The zero-order valence-corrected chi connectivity index (χ0v) is 15.0. The van der Waals surface area contributed by atoms with E-state index in [4.69, 9.17) is 14.7 Å². The van der Waals surface area contributed by atoms with E-state index in [2.05, 4.69) is 18.3 Å². The summed E-state index contributed by atoms with van der Waals surface area (Å²) in [6, 6.07) is 7.24. The predicted molar refractivity (Wildman–Crippen MR) is 94.4 cm³/mol. The van der Waals surface area contributed by atoms with Crippen LogP contribution >= 0.6 is 0 Å². The molecule has 2 aliphatic rings. The van der Waals surface area contributed by atoms with Gasteiger partial charge in [0.1, 0.15) is 0 Å². The molecule has 4 unspecified atom stereocenters. The number of rotatable bonds is 7. The van der Waals surface area contributed by atoms with Crippen LogP contribution in [-0.4, -0.2) is 25.2 Å². The highest BCUT2D eigenvalue weighted by molar-refractivity contribution is 5.78. The first-order valence-corrected chi connectivity index (χ1v) is 9.19. The molecule has 3 rings (SSSR count). The van der Waals surface area contributed by atoms with Gasteiger partial charge in [0, 0.05) is 12.1 Å². The van der Waals surface area contributed by atoms with Crippen LogP contribution in [-0.2, 0) is 4.79 Å². The largest absolute Gasteiger partial charge is 0.490 e. The van der Waals surface area contributed by atoms with Crippen molar-refractivity contribution in [1.29, 1.82) is 5.26 Å². The molecular weight excluding hydrogens is 316 g/mol. The predicted octanol–water partition coefficient (Wildman–Crippen LogP) is 3.28. The molecule has 1 aromatic rings. The molecule has 2 aliphatic carbocycles. The molecule has 25 heavy (non-hydrogen) atoms. The molecule has 1 N–H and O–H groups in total. The van der Waals surface area contributed by atoms with Crippen LogP contribution < -0.4 is 14.8 Å². The fraction of sp³-hybridized carbons (Fsp3) is 0.600. The van der Waals surface area contributed by atoms with E-state index in [0.717, 1.165) is 11.8 Å². The zero-order valence-electron chi connectivity index (χ0n) is 15.0. The monoisotopic (exact) mass is 342 g/mol. The van der Waals surface area contributed by atoms with E-state index in [1.165, 1.54) is 25.7 Å². The van der Waals surface area contributed by atoms with Gasteiger partial charge >= 0.3 is 0 Å². The van der Waals surface area contributed by atoms with Crippen LogP contribution in [0.1, 0.15) is 45.1 Å². The Hall–Kier alpha value is -2.22. The lowest BCUT2D eigenvalue weighted by atomic mass is 9.84. The standard InChI is InChI=1S/C20H26N2O3/c1-3-24-19-10-15(11-21)5-7-18(19)25-12-20(23)22-13(2)17-9-14-4-6-16(17)8-14/h5,7,10,13-14,16-17H,3-4,6,8-9,12H2,1-2H3,(H,22,23). The molecule has 134 valence electrons. The number of carbonyl (C=O) groups is 1. The van der Waals surface area contributed by atoms with Gasteiger partial charge in [-0.15, -0.1) is 0 Å². The molecule has 4 atom stereocenters. The Kier molecular flexibility index (Phi) is 5.47. The normalized spacial score (nSPS) is 25.2. The maximum Gasteiger partial charge on any atom is 0.258 e. The molecule has 2 saturated carbocycles. The second-order valence-electron chi connectivity index (χ2n) is 7.19. The number of hydrogen-bond acceptors (Lipinski definition) is 4. The Morgan fingerprint density at radius 2 is 2.16 bits per heavy atom. The highest BCUT2D eigenvalue weighted by Gasteiger charge is 2.42. The Morgan fingerprint density at radius 3 is 2.80 bits per heavy atom. The first-order chi connectivity index (χ1) is 12.1. The van der Waals surface area contributed by atoms with E-state index in [1.807, 2.05) is 6.92 Å². The van der Waals surface area contributed by atoms with Crippen molar-refractivity contribution < 1.29 is 14.3 Å². The van der Waals surface area contributed by atoms with E-state index in [0.29, 0.717) is 29.6 Å². The molecule has 2 fully saturated rings. The summed E-state index contributed by atoms with van der Waals surface area (Å²) < 4.78 is 11.1. The van der Waals surface area contributed by atoms with Gasteiger partial charge in [0.05, 0.1) is 18.2 Å². The van der Waals surface area contributed by atoms with Gasteiger partial charge in [0.2, 0.25) is 0 Å². The van der Waals surface area contributed by atoms with Crippen molar-refractivity contribution >= 4 is 5.91 Å². The van der Waals surface area contributed by atoms with Crippen LogP contribution in [0.3, 0.4) is 0 Å². The maximum absolute atomic E-state index is 12.3. The van der Waals surface area contributed by atoms with E-state index < -0.39 is 0 Å². The lowest BCUT2D eigenvalue weighted by molar-refractivity contribution is -0.124.